The summed E-state index contributed by atoms with van der Waals surface area (Å²) >= 11 is 0. The summed E-state index contributed by atoms with van der Waals surface area (Å²) in [5.74, 6) is -0.426. The van der Waals surface area contributed by atoms with E-state index in [9.17, 15) is 9.59 Å². The van der Waals surface area contributed by atoms with Crippen LogP contribution in [0.1, 0.15) is 41.6 Å². The van der Waals surface area contributed by atoms with Gasteiger partial charge in [0.1, 0.15) is 0 Å². The van der Waals surface area contributed by atoms with Crippen molar-refractivity contribution in [3.05, 3.63) is 35.4 Å². The number of rotatable bonds is 5. The van der Waals surface area contributed by atoms with Gasteiger partial charge in [-0.1, -0.05) is 18.6 Å². The fraction of sp³-hybridized carbons (Fsp3) is 0.619. The second-order valence-corrected chi connectivity index (χ2v) is 8.14. The molecule has 1 saturated carbocycles. The Hall–Kier alpha value is -2.12. The van der Waals surface area contributed by atoms with Crippen LogP contribution in [0.25, 0.3) is 0 Å². The van der Waals surface area contributed by atoms with Gasteiger partial charge in [0.05, 0.1) is 25.8 Å². The van der Waals surface area contributed by atoms with Crippen molar-refractivity contribution in [1.82, 2.24) is 14.7 Å². The molecule has 1 aromatic rings. The molecule has 0 aromatic heterocycles. The first-order chi connectivity index (χ1) is 13.6. The fourth-order valence-electron chi connectivity index (χ4n) is 4.12. The fourth-order valence-corrected chi connectivity index (χ4v) is 4.12. The van der Waals surface area contributed by atoms with Crippen LogP contribution in [-0.2, 0) is 11.3 Å². The van der Waals surface area contributed by atoms with Crippen molar-refractivity contribution in [1.29, 1.82) is 0 Å². The zero-order valence-corrected chi connectivity index (χ0v) is 16.4. The maximum absolute atomic E-state index is 12.7. The Labute approximate surface area is 166 Å². The van der Waals surface area contributed by atoms with Crippen LogP contribution in [0.15, 0.2) is 24.3 Å². The molecular formula is C21H30N4O3. The molecule has 2 saturated heterocycles. The summed E-state index contributed by atoms with van der Waals surface area (Å²) in [6.07, 6.45) is 5.15. The van der Waals surface area contributed by atoms with E-state index >= 15 is 0 Å². The summed E-state index contributed by atoms with van der Waals surface area (Å²) in [6, 6.07) is 8.04. The summed E-state index contributed by atoms with van der Waals surface area (Å²) in [7, 11) is 0. The van der Waals surface area contributed by atoms with Crippen LogP contribution in [0.4, 0.5) is 4.79 Å². The van der Waals surface area contributed by atoms with Gasteiger partial charge >= 0.3 is 6.03 Å². The van der Waals surface area contributed by atoms with Gasteiger partial charge in [0.25, 0.3) is 0 Å². The molecule has 2 N–H and O–H groups in total. The number of amides is 3. The normalized spacial score (nSPS) is 21.7. The van der Waals surface area contributed by atoms with Crippen molar-refractivity contribution in [2.45, 2.75) is 44.4 Å². The van der Waals surface area contributed by atoms with Crippen molar-refractivity contribution in [2.75, 3.05) is 39.3 Å². The van der Waals surface area contributed by atoms with E-state index in [0.717, 1.165) is 44.2 Å². The van der Waals surface area contributed by atoms with E-state index in [1.165, 1.54) is 19.3 Å². The first-order valence-corrected chi connectivity index (χ1v) is 10.4. The van der Waals surface area contributed by atoms with Crippen LogP contribution < -0.4 is 5.73 Å². The molecule has 7 nitrogen and oxygen atoms in total. The molecule has 3 aliphatic rings. The average Bonchev–Trinajstić information content (AvgIpc) is 2.85. The molecule has 0 spiro atoms. The second kappa shape index (κ2) is 8.49. The lowest BCUT2D eigenvalue weighted by atomic mass is 9.91. The van der Waals surface area contributed by atoms with E-state index in [1.807, 2.05) is 21.9 Å². The number of benzene rings is 1. The zero-order valence-electron chi connectivity index (χ0n) is 16.4. The largest absolute Gasteiger partial charge is 0.370 e. The molecule has 152 valence electrons. The maximum atomic E-state index is 12.7. The van der Waals surface area contributed by atoms with E-state index < -0.39 is 5.91 Å². The average molecular weight is 386 g/mol. The Kier molecular flexibility index (Phi) is 5.82. The van der Waals surface area contributed by atoms with E-state index in [1.54, 1.807) is 12.1 Å². The van der Waals surface area contributed by atoms with Crippen LogP contribution in [0.2, 0.25) is 0 Å². The number of hydrogen-bond donors (Lipinski definition) is 1. The summed E-state index contributed by atoms with van der Waals surface area (Å²) in [6.45, 7) is 5.61. The number of carbonyl (C=O) groups excluding carboxylic acids is 2. The molecule has 28 heavy (non-hydrogen) atoms. The molecule has 0 unspecified atom stereocenters. The predicted octanol–water partition coefficient (Wildman–Crippen LogP) is 1.67. The van der Waals surface area contributed by atoms with Crippen LogP contribution in [0.5, 0.6) is 0 Å². The smallest absolute Gasteiger partial charge is 0.320 e. The van der Waals surface area contributed by atoms with Crippen LogP contribution in [-0.4, -0.2) is 78.1 Å². The quantitative estimate of drug-likeness (QED) is 0.835. The molecule has 4 rings (SSSR count). The minimum atomic E-state index is -0.426. The number of nitrogens with two attached hydrogens (primary N) is 1. The Morgan fingerprint density at radius 1 is 0.964 bits per heavy atom. The number of likely N-dealkylation sites (tertiary alicyclic amines) is 1. The highest BCUT2D eigenvalue weighted by Gasteiger charge is 2.35. The van der Waals surface area contributed by atoms with Crippen molar-refractivity contribution in [3.8, 4) is 0 Å². The second-order valence-electron chi connectivity index (χ2n) is 8.14. The third-order valence-corrected chi connectivity index (χ3v) is 6.23. The predicted molar refractivity (Wildman–Crippen MR) is 106 cm³/mol. The lowest BCUT2D eigenvalue weighted by molar-refractivity contribution is -0.0493. The van der Waals surface area contributed by atoms with E-state index in [2.05, 4.69) is 4.90 Å². The first-order valence-electron chi connectivity index (χ1n) is 10.4. The van der Waals surface area contributed by atoms with Crippen LogP contribution >= 0.6 is 0 Å². The summed E-state index contributed by atoms with van der Waals surface area (Å²) in [5.41, 5.74) is 6.75. The van der Waals surface area contributed by atoms with Gasteiger partial charge < -0.3 is 20.3 Å². The summed E-state index contributed by atoms with van der Waals surface area (Å²) in [4.78, 5) is 30.3. The van der Waals surface area contributed by atoms with Crippen molar-refractivity contribution in [3.63, 3.8) is 0 Å². The van der Waals surface area contributed by atoms with Gasteiger partial charge in [0.2, 0.25) is 5.91 Å². The molecule has 0 bridgehead atoms. The molecule has 2 aliphatic heterocycles. The van der Waals surface area contributed by atoms with Gasteiger partial charge in [-0.25, -0.2) is 4.79 Å². The number of hydrogen-bond acceptors (Lipinski definition) is 4. The van der Waals surface area contributed by atoms with Gasteiger partial charge in [-0.05, 0) is 37.0 Å². The van der Waals surface area contributed by atoms with Gasteiger partial charge in [-0.3, -0.25) is 9.69 Å². The molecule has 1 aliphatic carbocycles. The standard InChI is InChI=1S/C21H30N4O3/c22-20(26)17-7-5-16(6-8-17)15-28-19-13-25(14-19)21(27)24-10-2-9-23(11-12-24)18-3-1-4-18/h5-8,18-19H,1-4,9-15H2,(H2,22,26). The first kappa shape index (κ1) is 19.2. The molecule has 0 radical (unpaired) electrons. The maximum Gasteiger partial charge on any atom is 0.320 e. The Balaban J connectivity index is 1.18. The third-order valence-electron chi connectivity index (χ3n) is 6.23. The molecule has 3 amide bonds. The number of ether oxygens (including phenoxy) is 1. The van der Waals surface area contributed by atoms with Gasteiger partial charge in [-0.15, -0.1) is 0 Å². The minimum absolute atomic E-state index is 0.0817. The van der Waals surface area contributed by atoms with Crippen molar-refractivity contribution >= 4 is 11.9 Å². The van der Waals surface area contributed by atoms with Crippen molar-refractivity contribution in [2.24, 2.45) is 5.73 Å². The summed E-state index contributed by atoms with van der Waals surface area (Å²) in [5, 5.41) is 0. The zero-order chi connectivity index (χ0) is 19.5. The highest BCUT2D eigenvalue weighted by Crippen LogP contribution is 2.26. The topological polar surface area (TPSA) is 79.1 Å². The summed E-state index contributed by atoms with van der Waals surface area (Å²) < 4.78 is 5.89. The van der Waals surface area contributed by atoms with Crippen LogP contribution in [0, 0.1) is 0 Å². The molecule has 0 atom stereocenters. The van der Waals surface area contributed by atoms with Crippen LogP contribution in [0.3, 0.4) is 0 Å². The van der Waals surface area contributed by atoms with Gasteiger partial charge in [0, 0.05) is 37.8 Å². The van der Waals surface area contributed by atoms with E-state index in [-0.39, 0.29) is 12.1 Å². The molecular weight excluding hydrogens is 356 g/mol. The van der Waals surface area contributed by atoms with E-state index in [0.29, 0.717) is 25.3 Å². The Bertz CT molecular complexity index is 698. The molecule has 3 fully saturated rings. The lowest BCUT2D eigenvalue weighted by Crippen LogP contribution is -2.58. The number of nitrogens with zero attached hydrogens (tertiary/aromatic N) is 3. The Morgan fingerprint density at radius 2 is 1.71 bits per heavy atom. The molecule has 7 heteroatoms. The van der Waals surface area contributed by atoms with E-state index in [4.69, 9.17) is 10.5 Å². The number of carbonyl (C=O) groups is 2. The number of primary amides is 1. The highest BCUT2D eigenvalue weighted by molar-refractivity contribution is 5.92. The molecule has 1 aromatic carbocycles. The van der Waals surface area contributed by atoms with Gasteiger partial charge in [-0.2, -0.15) is 0 Å². The lowest BCUT2D eigenvalue weighted by Gasteiger charge is -2.41. The highest BCUT2D eigenvalue weighted by atomic mass is 16.5. The molecule has 2 heterocycles. The Morgan fingerprint density at radius 3 is 2.36 bits per heavy atom. The van der Waals surface area contributed by atoms with Gasteiger partial charge in [0.15, 0.2) is 0 Å². The van der Waals surface area contributed by atoms with Crippen molar-refractivity contribution < 1.29 is 14.3 Å². The SMILES string of the molecule is NC(=O)c1ccc(COC2CN(C(=O)N3CCCN(C4CCC4)CC3)C2)cc1. The monoisotopic (exact) mass is 386 g/mol. The minimum Gasteiger partial charge on any atom is -0.370 e. The third kappa shape index (κ3) is 4.31. The number of urea groups is 1.